The number of fused-ring (bicyclic) bond motifs is 1. The van der Waals surface area contributed by atoms with Crippen LogP contribution in [-0.4, -0.2) is 24.8 Å². The molecule has 5 rings (SSSR count). The molecule has 12 heteroatoms. The monoisotopic (exact) mass is 498 g/mol. The molecular weight excluding hydrogens is 484 g/mol. The topological polar surface area (TPSA) is 103 Å². The van der Waals surface area contributed by atoms with E-state index in [1.165, 1.54) is 41.2 Å². The van der Waals surface area contributed by atoms with Gasteiger partial charge in [-0.05, 0) is 54.6 Å². The third kappa shape index (κ3) is 4.60. The van der Waals surface area contributed by atoms with E-state index in [2.05, 4.69) is 15.1 Å². The van der Waals surface area contributed by atoms with E-state index in [0.29, 0.717) is 34.5 Å². The van der Waals surface area contributed by atoms with Gasteiger partial charge < -0.3 is 14.4 Å². The predicted octanol–water partition coefficient (Wildman–Crippen LogP) is 4.88. The highest BCUT2D eigenvalue weighted by Crippen LogP contribution is 2.32. The minimum Gasteiger partial charge on any atom is -0.508 e. The second kappa shape index (κ2) is 8.80. The molecule has 0 aliphatic carbocycles. The molecule has 36 heavy (non-hydrogen) atoms. The summed E-state index contributed by atoms with van der Waals surface area (Å²) < 4.78 is 64.4. The first kappa shape index (κ1) is 23.0. The zero-order valence-corrected chi connectivity index (χ0v) is 18.0. The summed E-state index contributed by atoms with van der Waals surface area (Å²) in [6.07, 6.45) is -3.39. The highest BCUT2D eigenvalue weighted by Gasteiger charge is 2.32. The quantitative estimate of drug-likeness (QED) is 0.345. The molecule has 3 aromatic carbocycles. The Kier molecular flexibility index (Phi) is 5.63. The van der Waals surface area contributed by atoms with E-state index < -0.39 is 17.6 Å². The Hall–Kier alpha value is -4.74. The molecule has 5 aromatic rings. The van der Waals surface area contributed by atoms with Gasteiger partial charge in [-0.3, -0.25) is 9.36 Å². The summed E-state index contributed by atoms with van der Waals surface area (Å²) in [6.45, 7) is -0.207. The van der Waals surface area contributed by atoms with Gasteiger partial charge in [0.2, 0.25) is 5.82 Å². The van der Waals surface area contributed by atoms with E-state index in [9.17, 15) is 27.5 Å². The number of aromatic nitrogens is 4. The molecule has 1 N–H and O–H groups in total. The second-order valence-corrected chi connectivity index (χ2v) is 7.65. The molecule has 2 heterocycles. The Morgan fingerprint density at radius 2 is 1.81 bits per heavy atom. The van der Waals surface area contributed by atoms with Gasteiger partial charge in [-0.15, -0.1) is 0 Å². The molecule has 0 amide bonds. The lowest BCUT2D eigenvalue weighted by Gasteiger charge is -2.08. The van der Waals surface area contributed by atoms with Gasteiger partial charge in [0.25, 0.3) is 11.4 Å². The van der Waals surface area contributed by atoms with E-state index in [1.807, 2.05) is 0 Å². The second-order valence-electron chi connectivity index (χ2n) is 7.65. The zero-order chi connectivity index (χ0) is 25.4. The van der Waals surface area contributed by atoms with Crippen LogP contribution in [0.1, 0.15) is 11.4 Å². The van der Waals surface area contributed by atoms with Gasteiger partial charge >= 0.3 is 6.18 Å². The molecule has 0 atom stereocenters. The van der Waals surface area contributed by atoms with Crippen molar-refractivity contribution < 1.29 is 31.9 Å². The maximum atomic E-state index is 13.7. The number of halogens is 4. The van der Waals surface area contributed by atoms with Crippen molar-refractivity contribution in [1.82, 2.24) is 19.7 Å². The Labute approximate surface area is 199 Å². The molecular formula is C24H14F4N4O4. The van der Waals surface area contributed by atoms with Crippen LogP contribution in [0.25, 0.3) is 28.0 Å². The van der Waals surface area contributed by atoms with E-state index in [1.54, 1.807) is 12.1 Å². The number of nitrogens with zero attached hydrogens (tertiary/aromatic N) is 4. The van der Waals surface area contributed by atoms with Crippen LogP contribution in [0.5, 0.6) is 11.5 Å². The van der Waals surface area contributed by atoms with Crippen LogP contribution < -0.4 is 10.3 Å². The fraction of sp³-hybridized carbons (Fsp3) is 0.0833. The number of hydrogen-bond donors (Lipinski definition) is 1. The van der Waals surface area contributed by atoms with Crippen LogP contribution in [0.4, 0.5) is 17.6 Å². The van der Waals surface area contributed by atoms with Gasteiger partial charge in [0.1, 0.15) is 23.6 Å². The smallest absolute Gasteiger partial charge is 0.416 e. The number of benzene rings is 3. The SMILES string of the molecule is O=c1c2ccc(OCc3noc(-c4cc(F)cc(C(F)(F)F)c4)n3)cc2ncn1-c1ccc(O)cc1. The number of alkyl halides is 3. The van der Waals surface area contributed by atoms with E-state index in [0.717, 1.165) is 6.07 Å². The first-order valence-electron chi connectivity index (χ1n) is 10.3. The molecule has 0 saturated heterocycles. The largest absolute Gasteiger partial charge is 0.508 e. The van der Waals surface area contributed by atoms with Crippen molar-refractivity contribution in [3.8, 4) is 28.6 Å². The maximum Gasteiger partial charge on any atom is 0.416 e. The third-order valence-corrected chi connectivity index (χ3v) is 5.17. The average Bonchev–Trinajstić information content (AvgIpc) is 3.32. The number of aromatic hydroxyl groups is 1. The van der Waals surface area contributed by atoms with Gasteiger partial charge in [0.15, 0.2) is 6.61 Å². The first-order valence-corrected chi connectivity index (χ1v) is 10.3. The molecule has 8 nitrogen and oxygen atoms in total. The summed E-state index contributed by atoms with van der Waals surface area (Å²) in [4.78, 5) is 21.1. The minimum atomic E-state index is -4.74. The Bertz CT molecular complexity index is 1630. The van der Waals surface area contributed by atoms with Crippen LogP contribution >= 0.6 is 0 Å². The van der Waals surface area contributed by atoms with Crippen LogP contribution in [0.3, 0.4) is 0 Å². The molecule has 0 unspecified atom stereocenters. The third-order valence-electron chi connectivity index (χ3n) is 5.17. The number of hydrogen-bond acceptors (Lipinski definition) is 7. The highest BCUT2D eigenvalue weighted by molar-refractivity contribution is 5.79. The van der Waals surface area contributed by atoms with Gasteiger partial charge in [-0.1, -0.05) is 5.16 Å². The number of ether oxygens (including phenoxy) is 1. The van der Waals surface area contributed by atoms with Crippen molar-refractivity contribution in [3.05, 3.63) is 94.5 Å². The molecule has 0 bridgehead atoms. The van der Waals surface area contributed by atoms with E-state index in [-0.39, 0.29) is 35.2 Å². The molecule has 0 fully saturated rings. The predicted molar refractivity (Wildman–Crippen MR) is 118 cm³/mol. The van der Waals surface area contributed by atoms with Gasteiger partial charge in [-0.2, -0.15) is 18.2 Å². The minimum absolute atomic E-state index is 0.0126. The number of phenols is 1. The fourth-order valence-electron chi connectivity index (χ4n) is 3.44. The average molecular weight is 498 g/mol. The van der Waals surface area contributed by atoms with Crippen molar-refractivity contribution in [3.63, 3.8) is 0 Å². The summed E-state index contributed by atoms with van der Waals surface area (Å²) in [5.41, 5.74) is -0.835. The zero-order valence-electron chi connectivity index (χ0n) is 18.0. The highest BCUT2D eigenvalue weighted by atomic mass is 19.4. The Balaban J connectivity index is 1.34. The number of phenolic OH excluding ortho intramolecular Hbond substituents is 1. The van der Waals surface area contributed by atoms with Crippen molar-refractivity contribution in [2.45, 2.75) is 12.8 Å². The first-order chi connectivity index (χ1) is 17.2. The molecule has 0 aliphatic heterocycles. The van der Waals surface area contributed by atoms with E-state index >= 15 is 0 Å². The molecule has 2 aromatic heterocycles. The molecule has 0 saturated carbocycles. The number of rotatable bonds is 5. The summed E-state index contributed by atoms with van der Waals surface area (Å²) in [5, 5.41) is 13.4. The molecule has 0 spiro atoms. The van der Waals surface area contributed by atoms with Crippen LogP contribution in [-0.2, 0) is 12.8 Å². The normalized spacial score (nSPS) is 11.7. The van der Waals surface area contributed by atoms with Gasteiger partial charge in [0, 0.05) is 11.6 Å². The van der Waals surface area contributed by atoms with Gasteiger partial charge in [0.05, 0.1) is 22.2 Å². The standard InChI is InChI=1S/C24H14F4N4O4/c25-15-8-13(7-14(9-15)24(26,27)28)22-30-21(31-36-22)11-35-18-5-6-19-20(10-18)29-12-32(23(19)34)16-1-3-17(33)4-2-16/h1-10,12,33H,11H2. The van der Waals surface area contributed by atoms with E-state index in [4.69, 9.17) is 9.26 Å². The fourth-order valence-corrected chi connectivity index (χ4v) is 3.44. The summed E-state index contributed by atoms with van der Waals surface area (Å²) in [5.74, 6) is -0.984. The Morgan fingerprint density at radius 3 is 2.56 bits per heavy atom. The van der Waals surface area contributed by atoms with Crippen molar-refractivity contribution in [2.75, 3.05) is 0 Å². The lowest BCUT2D eigenvalue weighted by Crippen LogP contribution is -2.18. The summed E-state index contributed by atoms with van der Waals surface area (Å²) in [6, 6.07) is 12.6. The van der Waals surface area contributed by atoms with Crippen LogP contribution in [0.15, 0.2) is 76.3 Å². The van der Waals surface area contributed by atoms with Crippen LogP contribution in [0, 0.1) is 5.82 Å². The van der Waals surface area contributed by atoms with Crippen LogP contribution in [0.2, 0.25) is 0 Å². The molecule has 0 radical (unpaired) electrons. The maximum absolute atomic E-state index is 13.7. The molecule has 182 valence electrons. The lowest BCUT2D eigenvalue weighted by atomic mass is 10.1. The van der Waals surface area contributed by atoms with Crippen molar-refractivity contribution >= 4 is 10.9 Å². The van der Waals surface area contributed by atoms with Crippen molar-refractivity contribution in [2.24, 2.45) is 0 Å². The van der Waals surface area contributed by atoms with Crippen molar-refractivity contribution in [1.29, 1.82) is 0 Å². The lowest BCUT2D eigenvalue weighted by molar-refractivity contribution is -0.137. The molecule has 0 aliphatic rings. The summed E-state index contributed by atoms with van der Waals surface area (Å²) in [7, 11) is 0. The van der Waals surface area contributed by atoms with Gasteiger partial charge in [-0.25, -0.2) is 9.37 Å². The Morgan fingerprint density at radius 1 is 1.03 bits per heavy atom. The summed E-state index contributed by atoms with van der Waals surface area (Å²) >= 11 is 0.